The minimum atomic E-state index is -0.0617. The van der Waals surface area contributed by atoms with Gasteiger partial charge in [0.25, 0.3) is 0 Å². The van der Waals surface area contributed by atoms with E-state index in [1.165, 1.54) is 0 Å². The Labute approximate surface area is 172 Å². The summed E-state index contributed by atoms with van der Waals surface area (Å²) in [6.45, 7) is 5.28. The molecule has 1 aliphatic heterocycles. The Morgan fingerprint density at radius 1 is 1.14 bits per heavy atom. The van der Waals surface area contributed by atoms with Gasteiger partial charge in [0.2, 0.25) is 4.96 Å². The standard InChI is InChI=1S/C22H21N5OS/c1-14-8-9-15(2)17(12-14)23-21(28)26-11-10-18-19(13-26)29-22-24-20(25-27(18)22)16-6-4-3-5-7-16/h3-9,12H,10-11,13H2,1-2H3,(H,23,28). The van der Waals surface area contributed by atoms with E-state index in [4.69, 9.17) is 10.1 Å². The smallest absolute Gasteiger partial charge is 0.319 e. The van der Waals surface area contributed by atoms with Gasteiger partial charge in [0.15, 0.2) is 5.82 Å². The van der Waals surface area contributed by atoms with Crippen LogP contribution in [0.3, 0.4) is 0 Å². The number of nitrogens with zero attached hydrogens (tertiary/aromatic N) is 4. The SMILES string of the molecule is Cc1ccc(C)c(NC(=O)N2CCc3c(sc4nc(-c5ccccc5)nn34)C2)c1. The summed E-state index contributed by atoms with van der Waals surface area (Å²) in [7, 11) is 0. The number of thiazole rings is 1. The van der Waals surface area contributed by atoms with Crippen LogP contribution in [-0.4, -0.2) is 32.1 Å². The number of amides is 2. The lowest BCUT2D eigenvalue weighted by Gasteiger charge is -2.27. The highest BCUT2D eigenvalue weighted by Crippen LogP contribution is 2.30. The molecule has 0 fully saturated rings. The van der Waals surface area contributed by atoms with Gasteiger partial charge in [-0.15, -0.1) is 5.10 Å². The first-order valence-electron chi connectivity index (χ1n) is 9.64. The zero-order chi connectivity index (χ0) is 20.0. The molecule has 0 aliphatic carbocycles. The second kappa shape index (κ2) is 7.00. The number of aromatic nitrogens is 3. The Hall–Kier alpha value is -3.19. The predicted octanol–water partition coefficient (Wildman–Crippen LogP) is 4.66. The molecule has 29 heavy (non-hydrogen) atoms. The Morgan fingerprint density at radius 2 is 1.97 bits per heavy atom. The fourth-order valence-electron chi connectivity index (χ4n) is 3.64. The molecule has 1 N–H and O–H groups in total. The largest absolute Gasteiger partial charge is 0.322 e. The normalized spacial score (nSPS) is 13.5. The van der Waals surface area contributed by atoms with Crippen LogP contribution in [0.2, 0.25) is 0 Å². The van der Waals surface area contributed by atoms with Gasteiger partial charge in [-0.2, -0.15) is 4.98 Å². The van der Waals surface area contributed by atoms with Gasteiger partial charge in [0.05, 0.1) is 12.2 Å². The minimum absolute atomic E-state index is 0.0617. The maximum atomic E-state index is 12.8. The third-order valence-electron chi connectivity index (χ3n) is 5.28. The first-order valence-corrected chi connectivity index (χ1v) is 10.5. The second-order valence-electron chi connectivity index (χ2n) is 7.39. The topological polar surface area (TPSA) is 62.5 Å². The highest BCUT2D eigenvalue weighted by molar-refractivity contribution is 7.17. The molecule has 0 atom stereocenters. The molecule has 7 heteroatoms. The molecule has 6 nitrogen and oxygen atoms in total. The van der Waals surface area contributed by atoms with Crippen molar-refractivity contribution < 1.29 is 4.79 Å². The number of urea groups is 1. The second-order valence-corrected chi connectivity index (χ2v) is 8.45. The number of rotatable bonds is 2. The Bertz CT molecular complexity index is 1210. The van der Waals surface area contributed by atoms with Crippen molar-refractivity contribution in [3.05, 3.63) is 70.2 Å². The zero-order valence-corrected chi connectivity index (χ0v) is 17.2. The maximum absolute atomic E-state index is 12.8. The Balaban J connectivity index is 1.37. The molecule has 0 bridgehead atoms. The number of carbonyl (C=O) groups is 1. The van der Waals surface area contributed by atoms with Crippen molar-refractivity contribution in [3.8, 4) is 11.4 Å². The summed E-state index contributed by atoms with van der Waals surface area (Å²) in [6.07, 6.45) is 0.771. The third kappa shape index (κ3) is 3.27. The molecule has 1 aliphatic rings. The minimum Gasteiger partial charge on any atom is -0.319 e. The van der Waals surface area contributed by atoms with Crippen LogP contribution in [0.25, 0.3) is 16.3 Å². The molecular weight excluding hydrogens is 382 g/mol. The van der Waals surface area contributed by atoms with E-state index in [9.17, 15) is 4.79 Å². The zero-order valence-electron chi connectivity index (χ0n) is 16.3. The van der Waals surface area contributed by atoms with E-state index in [1.807, 2.05) is 65.7 Å². The summed E-state index contributed by atoms with van der Waals surface area (Å²) >= 11 is 1.62. The molecule has 2 aromatic carbocycles. The third-order valence-corrected chi connectivity index (χ3v) is 6.33. The molecule has 146 valence electrons. The van der Waals surface area contributed by atoms with E-state index in [0.29, 0.717) is 13.1 Å². The van der Waals surface area contributed by atoms with Crippen molar-refractivity contribution in [1.29, 1.82) is 0 Å². The van der Waals surface area contributed by atoms with Crippen LogP contribution in [0.4, 0.5) is 10.5 Å². The average Bonchev–Trinajstić information content (AvgIpc) is 3.29. The molecular formula is C22H21N5OS. The highest BCUT2D eigenvalue weighted by atomic mass is 32.1. The van der Waals surface area contributed by atoms with Crippen LogP contribution in [0.15, 0.2) is 48.5 Å². The fraction of sp³-hybridized carbons (Fsp3) is 0.227. The molecule has 0 unspecified atom stereocenters. The number of anilines is 1. The average molecular weight is 404 g/mol. The molecule has 5 rings (SSSR count). The molecule has 4 aromatic rings. The lowest BCUT2D eigenvalue weighted by atomic mass is 10.1. The number of fused-ring (bicyclic) bond motifs is 3. The van der Waals surface area contributed by atoms with E-state index in [0.717, 1.165) is 50.2 Å². The van der Waals surface area contributed by atoms with Crippen LogP contribution in [-0.2, 0) is 13.0 Å². The van der Waals surface area contributed by atoms with Gasteiger partial charge < -0.3 is 10.2 Å². The van der Waals surface area contributed by atoms with E-state index < -0.39 is 0 Å². The van der Waals surface area contributed by atoms with E-state index in [1.54, 1.807) is 11.3 Å². The van der Waals surface area contributed by atoms with Gasteiger partial charge in [-0.3, -0.25) is 0 Å². The Kier molecular flexibility index (Phi) is 4.32. The van der Waals surface area contributed by atoms with Crippen LogP contribution in [0.1, 0.15) is 21.7 Å². The lowest BCUT2D eigenvalue weighted by Crippen LogP contribution is -2.38. The first-order chi connectivity index (χ1) is 14.1. The predicted molar refractivity (Wildman–Crippen MR) is 115 cm³/mol. The maximum Gasteiger partial charge on any atom is 0.322 e. The van der Waals surface area contributed by atoms with E-state index in [2.05, 4.69) is 11.4 Å². The van der Waals surface area contributed by atoms with Crippen molar-refractivity contribution >= 4 is 28.0 Å². The number of benzene rings is 2. The first kappa shape index (κ1) is 17.9. The quantitative estimate of drug-likeness (QED) is 0.529. The van der Waals surface area contributed by atoms with Crippen LogP contribution < -0.4 is 5.32 Å². The summed E-state index contributed by atoms with van der Waals surface area (Å²) in [5, 5.41) is 7.78. The molecule has 0 saturated carbocycles. The summed E-state index contributed by atoms with van der Waals surface area (Å²) in [5.41, 5.74) is 5.24. The van der Waals surface area contributed by atoms with Gasteiger partial charge in [0, 0.05) is 29.1 Å². The molecule has 0 radical (unpaired) electrons. The number of aryl methyl sites for hydroxylation is 2. The number of carbonyl (C=O) groups excluding carboxylic acids is 1. The molecule has 2 aromatic heterocycles. The number of hydrogen-bond acceptors (Lipinski definition) is 4. The van der Waals surface area contributed by atoms with Crippen molar-refractivity contribution in [2.24, 2.45) is 0 Å². The number of hydrogen-bond donors (Lipinski definition) is 1. The molecule has 2 amide bonds. The fourth-order valence-corrected chi connectivity index (χ4v) is 4.75. The summed E-state index contributed by atoms with van der Waals surface area (Å²) < 4.78 is 1.95. The summed E-state index contributed by atoms with van der Waals surface area (Å²) in [4.78, 5) is 21.4. The molecule has 0 spiro atoms. The van der Waals surface area contributed by atoms with Gasteiger partial charge in [0.1, 0.15) is 0 Å². The Morgan fingerprint density at radius 3 is 2.79 bits per heavy atom. The molecule has 3 heterocycles. The van der Waals surface area contributed by atoms with Crippen LogP contribution in [0.5, 0.6) is 0 Å². The van der Waals surface area contributed by atoms with Gasteiger partial charge in [-0.05, 0) is 31.0 Å². The molecule has 0 saturated heterocycles. The van der Waals surface area contributed by atoms with Crippen molar-refractivity contribution in [1.82, 2.24) is 19.5 Å². The summed E-state index contributed by atoms with van der Waals surface area (Å²) in [6, 6.07) is 16.0. The van der Waals surface area contributed by atoms with Crippen LogP contribution in [0, 0.1) is 13.8 Å². The van der Waals surface area contributed by atoms with E-state index in [-0.39, 0.29) is 6.03 Å². The van der Waals surface area contributed by atoms with Crippen molar-refractivity contribution in [3.63, 3.8) is 0 Å². The van der Waals surface area contributed by atoms with Gasteiger partial charge >= 0.3 is 6.03 Å². The van der Waals surface area contributed by atoms with Gasteiger partial charge in [-0.25, -0.2) is 9.31 Å². The van der Waals surface area contributed by atoms with E-state index >= 15 is 0 Å². The van der Waals surface area contributed by atoms with Gasteiger partial charge in [-0.1, -0.05) is 53.8 Å². The lowest BCUT2D eigenvalue weighted by molar-refractivity contribution is 0.206. The monoisotopic (exact) mass is 403 g/mol. The summed E-state index contributed by atoms with van der Waals surface area (Å²) in [5.74, 6) is 0.745. The van der Waals surface area contributed by atoms with Crippen molar-refractivity contribution in [2.45, 2.75) is 26.8 Å². The van der Waals surface area contributed by atoms with Crippen molar-refractivity contribution in [2.75, 3.05) is 11.9 Å². The number of nitrogens with one attached hydrogen (secondary N) is 1. The highest BCUT2D eigenvalue weighted by Gasteiger charge is 2.26. The van der Waals surface area contributed by atoms with Crippen LogP contribution >= 0.6 is 11.3 Å².